The molecule has 2 rings (SSSR count). The van der Waals surface area contributed by atoms with E-state index < -0.39 is 5.54 Å². The fourth-order valence-electron chi connectivity index (χ4n) is 2.64. The lowest BCUT2D eigenvalue weighted by atomic mass is 9.86. The number of aromatic amines is 1. The van der Waals surface area contributed by atoms with Crippen molar-refractivity contribution in [2.75, 3.05) is 12.9 Å². The minimum Gasteiger partial charge on any atom is -0.468 e. The fraction of sp³-hybridized carbons (Fsp3) is 0.750. The number of ether oxygens (including phenoxy) is 1. The number of rotatable bonds is 5. The van der Waals surface area contributed by atoms with Crippen molar-refractivity contribution in [2.24, 2.45) is 11.7 Å². The molecule has 0 aliphatic heterocycles. The van der Waals surface area contributed by atoms with Gasteiger partial charge in [0.15, 0.2) is 0 Å². The van der Waals surface area contributed by atoms with Crippen LogP contribution in [-0.2, 0) is 9.53 Å². The number of nitrogens with two attached hydrogens (primary N) is 1. The number of hydrogen-bond donors (Lipinski definition) is 2. The van der Waals surface area contributed by atoms with Gasteiger partial charge in [-0.2, -0.15) is 0 Å². The second-order valence-electron chi connectivity index (χ2n) is 4.96. The molecule has 0 spiro atoms. The van der Waals surface area contributed by atoms with E-state index in [2.05, 4.69) is 15.2 Å². The molecule has 0 radical (unpaired) electrons. The zero-order chi connectivity index (χ0) is 13.9. The normalized spacial score (nSPS) is 26.6. The standard InChI is InChI=1S/C12H20N4O2S/c1-8-14-11(16-15-8)19-7-5-9-4-3-6-12(9,13)10(17)18-2/h9H,3-7,13H2,1-2H3,(H,14,15,16). The Labute approximate surface area is 116 Å². The van der Waals surface area contributed by atoms with Crippen molar-refractivity contribution in [3.63, 3.8) is 0 Å². The Morgan fingerprint density at radius 1 is 1.68 bits per heavy atom. The second-order valence-corrected chi connectivity index (χ2v) is 6.02. The van der Waals surface area contributed by atoms with Crippen LogP contribution in [0.15, 0.2) is 5.16 Å². The quantitative estimate of drug-likeness (QED) is 0.624. The molecule has 0 saturated heterocycles. The maximum atomic E-state index is 11.8. The Kier molecular flexibility index (Phi) is 4.46. The van der Waals surface area contributed by atoms with Gasteiger partial charge in [0.25, 0.3) is 0 Å². The highest BCUT2D eigenvalue weighted by molar-refractivity contribution is 7.99. The van der Waals surface area contributed by atoms with Crippen LogP contribution in [0.5, 0.6) is 0 Å². The van der Waals surface area contributed by atoms with Crippen LogP contribution >= 0.6 is 11.8 Å². The number of carbonyl (C=O) groups is 1. The summed E-state index contributed by atoms with van der Waals surface area (Å²) >= 11 is 1.59. The van der Waals surface area contributed by atoms with Crippen molar-refractivity contribution in [3.05, 3.63) is 5.82 Å². The number of aromatic nitrogens is 3. The third kappa shape index (κ3) is 3.09. The lowest BCUT2D eigenvalue weighted by molar-refractivity contribution is -0.148. The predicted molar refractivity (Wildman–Crippen MR) is 72.7 cm³/mol. The van der Waals surface area contributed by atoms with Crippen LogP contribution in [0.2, 0.25) is 0 Å². The molecule has 1 aromatic rings. The summed E-state index contributed by atoms with van der Waals surface area (Å²) in [7, 11) is 1.40. The Balaban J connectivity index is 1.86. The average Bonchev–Trinajstić information content (AvgIpc) is 2.97. The Morgan fingerprint density at radius 2 is 2.47 bits per heavy atom. The van der Waals surface area contributed by atoms with Crippen LogP contribution in [0.3, 0.4) is 0 Å². The van der Waals surface area contributed by atoms with E-state index in [1.807, 2.05) is 6.92 Å². The molecular formula is C12H20N4O2S. The number of H-pyrrole nitrogens is 1. The molecule has 0 amide bonds. The predicted octanol–water partition coefficient (Wildman–Crippen LogP) is 1.27. The number of thioether (sulfide) groups is 1. The zero-order valence-corrected chi connectivity index (χ0v) is 12.1. The van der Waals surface area contributed by atoms with Gasteiger partial charge in [-0.15, -0.1) is 5.10 Å². The number of nitrogens with zero attached hydrogens (tertiary/aromatic N) is 2. The maximum absolute atomic E-state index is 11.8. The number of nitrogens with one attached hydrogen (secondary N) is 1. The first-order valence-corrected chi connectivity index (χ1v) is 7.44. The molecular weight excluding hydrogens is 264 g/mol. The molecule has 6 nitrogen and oxygen atoms in total. The summed E-state index contributed by atoms with van der Waals surface area (Å²) in [4.78, 5) is 16.0. The van der Waals surface area contributed by atoms with Gasteiger partial charge >= 0.3 is 5.97 Å². The maximum Gasteiger partial charge on any atom is 0.326 e. The fourth-order valence-corrected chi connectivity index (χ4v) is 3.54. The second kappa shape index (κ2) is 5.92. The molecule has 7 heteroatoms. The summed E-state index contributed by atoms with van der Waals surface area (Å²) in [6.07, 6.45) is 3.57. The summed E-state index contributed by atoms with van der Waals surface area (Å²) in [5, 5.41) is 7.63. The van der Waals surface area contributed by atoms with E-state index in [0.717, 1.165) is 42.4 Å². The molecule has 0 bridgehead atoms. The largest absolute Gasteiger partial charge is 0.468 e. The van der Waals surface area contributed by atoms with Gasteiger partial charge in [0.05, 0.1) is 7.11 Å². The highest BCUT2D eigenvalue weighted by Gasteiger charge is 2.46. The molecule has 0 aromatic carbocycles. The Hall–Kier alpha value is -1.08. The Bertz CT molecular complexity index is 451. The number of methoxy groups -OCH3 is 1. The van der Waals surface area contributed by atoms with Gasteiger partial charge in [0.1, 0.15) is 11.4 Å². The first-order valence-electron chi connectivity index (χ1n) is 6.45. The highest BCUT2D eigenvalue weighted by atomic mass is 32.2. The Morgan fingerprint density at radius 3 is 3.11 bits per heavy atom. The van der Waals surface area contributed by atoms with E-state index in [4.69, 9.17) is 10.5 Å². The van der Waals surface area contributed by atoms with Gasteiger partial charge in [-0.1, -0.05) is 18.2 Å². The molecule has 2 atom stereocenters. The summed E-state index contributed by atoms with van der Waals surface area (Å²) in [6.45, 7) is 1.87. The summed E-state index contributed by atoms with van der Waals surface area (Å²) in [5.74, 6) is 1.57. The van der Waals surface area contributed by atoms with Crippen molar-refractivity contribution in [3.8, 4) is 0 Å². The molecule has 1 fully saturated rings. The van der Waals surface area contributed by atoms with Crippen LogP contribution in [0.25, 0.3) is 0 Å². The van der Waals surface area contributed by atoms with Crippen molar-refractivity contribution < 1.29 is 9.53 Å². The summed E-state index contributed by atoms with van der Waals surface area (Å²) in [5.41, 5.74) is 5.42. The third-order valence-corrected chi connectivity index (χ3v) is 4.59. The SMILES string of the molecule is COC(=O)C1(N)CCCC1CCSc1n[nH]c(C)n1. The van der Waals surface area contributed by atoms with Gasteiger partial charge in [0, 0.05) is 5.75 Å². The van der Waals surface area contributed by atoms with E-state index in [1.165, 1.54) is 7.11 Å². The monoisotopic (exact) mass is 284 g/mol. The van der Waals surface area contributed by atoms with Crippen LogP contribution in [-0.4, -0.2) is 39.6 Å². The zero-order valence-electron chi connectivity index (χ0n) is 11.3. The van der Waals surface area contributed by atoms with Crippen LogP contribution < -0.4 is 5.73 Å². The van der Waals surface area contributed by atoms with Gasteiger partial charge < -0.3 is 10.5 Å². The molecule has 1 aromatic heterocycles. The van der Waals surface area contributed by atoms with Gasteiger partial charge in [0.2, 0.25) is 5.16 Å². The minimum atomic E-state index is -0.801. The van der Waals surface area contributed by atoms with Gasteiger partial charge in [-0.05, 0) is 32.1 Å². The molecule has 3 N–H and O–H groups in total. The number of aryl methyl sites for hydroxylation is 1. The molecule has 1 aliphatic carbocycles. The number of esters is 1. The van der Waals surface area contributed by atoms with Crippen LogP contribution in [0.1, 0.15) is 31.5 Å². The molecule has 106 valence electrons. The van der Waals surface area contributed by atoms with E-state index >= 15 is 0 Å². The van der Waals surface area contributed by atoms with E-state index in [-0.39, 0.29) is 11.9 Å². The van der Waals surface area contributed by atoms with Gasteiger partial charge in [-0.3, -0.25) is 9.89 Å². The molecule has 1 saturated carbocycles. The van der Waals surface area contributed by atoms with E-state index in [1.54, 1.807) is 11.8 Å². The highest BCUT2D eigenvalue weighted by Crippen LogP contribution is 2.37. The first-order chi connectivity index (χ1) is 9.06. The summed E-state index contributed by atoms with van der Waals surface area (Å²) in [6, 6.07) is 0. The first kappa shape index (κ1) is 14.3. The van der Waals surface area contributed by atoms with Crippen LogP contribution in [0.4, 0.5) is 0 Å². The van der Waals surface area contributed by atoms with Gasteiger partial charge in [-0.25, -0.2) is 4.98 Å². The van der Waals surface area contributed by atoms with Crippen LogP contribution in [0, 0.1) is 12.8 Å². The lowest BCUT2D eigenvalue weighted by Gasteiger charge is -2.28. The average molecular weight is 284 g/mol. The molecule has 1 aliphatic rings. The molecule has 1 heterocycles. The van der Waals surface area contributed by atoms with Crippen molar-refractivity contribution >= 4 is 17.7 Å². The van der Waals surface area contributed by atoms with E-state index in [0.29, 0.717) is 0 Å². The summed E-state index contributed by atoms with van der Waals surface area (Å²) < 4.78 is 4.83. The van der Waals surface area contributed by atoms with E-state index in [9.17, 15) is 4.79 Å². The molecule has 2 unspecified atom stereocenters. The smallest absolute Gasteiger partial charge is 0.326 e. The minimum absolute atomic E-state index is 0.187. The van der Waals surface area contributed by atoms with Crippen molar-refractivity contribution in [2.45, 2.75) is 43.3 Å². The lowest BCUT2D eigenvalue weighted by Crippen LogP contribution is -2.51. The number of hydrogen-bond acceptors (Lipinski definition) is 6. The van der Waals surface area contributed by atoms with Crippen molar-refractivity contribution in [1.29, 1.82) is 0 Å². The molecule has 19 heavy (non-hydrogen) atoms. The van der Waals surface area contributed by atoms with Crippen molar-refractivity contribution in [1.82, 2.24) is 15.2 Å². The number of carbonyl (C=O) groups excluding carboxylic acids is 1. The third-order valence-electron chi connectivity index (χ3n) is 3.71. The topological polar surface area (TPSA) is 93.9 Å².